The summed E-state index contributed by atoms with van der Waals surface area (Å²) in [4.78, 5) is 19.7. The molecule has 0 unspecified atom stereocenters. The summed E-state index contributed by atoms with van der Waals surface area (Å²) in [7, 11) is 0. The van der Waals surface area contributed by atoms with E-state index in [9.17, 15) is 13.2 Å². The van der Waals surface area contributed by atoms with Gasteiger partial charge in [0.05, 0.1) is 24.5 Å². The van der Waals surface area contributed by atoms with Crippen molar-refractivity contribution in [3.05, 3.63) is 59.8 Å². The quantitative estimate of drug-likeness (QED) is 0.554. The number of nitrogens with zero attached hydrogens (tertiary/aromatic N) is 6. The number of ether oxygens (including phenoxy) is 1. The second kappa shape index (κ2) is 9.69. The summed E-state index contributed by atoms with van der Waals surface area (Å²) in [6.45, 7) is 6.60. The minimum atomic E-state index is -4.44. The number of aryl methyl sites for hydroxylation is 1. The minimum Gasteiger partial charge on any atom is -0.378 e. The van der Waals surface area contributed by atoms with E-state index >= 15 is 0 Å². The van der Waals surface area contributed by atoms with Gasteiger partial charge in [0, 0.05) is 57.1 Å². The van der Waals surface area contributed by atoms with Crippen LogP contribution in [0.5, 0.6) is 0 Å². The van der Waals surface area contributed by atoms with Gasteiger partial charge in [-0.25, -0.2) is 9.97 Å². The number of piperazine rings is 1. The lowest BCUT2D eigenvalue weighted by atomic mass is 10.1. The molecule has 0 radical (unpaired) electrons. The van der Waals surface area contributed by atoms with E-state index in [1.54, 1.807) is 4.90 Å². The maximum atomic E-state index is 13.5. The van der Waals surface area contributed by atoms with Crippen LogP contribution in [0.4, 0.5) is 30.8 Å². The van der Waals surface area contributed by atoms with Crippen molar-refractivity contribution in [3.8, 4) is 11.3 Å². The molecule has 0 atom stereocenters. The maximum Gasteiger partial charge on any atom is 0.419 e. The average molecular weight is 485 g/mol. The number of rotatable bonds is 4. The van der Waals surface area contributed by atoms with Gasteiger partial charge in [-0.15, -0.1) is 0 Å². The van der Waals surface area contributed by atoms with E-state index in [-0.39, 0.29) is 5.82 Å². The van der Waals surface area contributed by atoms with Gasteiger partial charge in [-0.1, -0.05) is 23.8 Å². The highest BCUT2D eigenvalue weighted by molar-refractivity contribution is 5.66. The topological polar surface area (TPSA) is 57.6 Å². The average Bonchev–Trinajstić information content (AvgIpc) is 2.88. The Labute approximate surface area is 202 Å². The zero-order valence-corrected chi connectivity index (χ0v) is 19.5. The number of aromatic nitrogens is 3. The Bertz CT molecular complexity index is 1170. The Morgan fingerprint density at radius 1 is 0.829 bits per heavy atom. The van der Waals surface area contributed by atoms with Crippen LogP contribution in [0.2, 0.25) is 0 Å². The number of hydrogen-bond donors (Lipinski definition) is 0. The smallest absolute Gasteiger partial charge is 0.378 e. The van der Waals surface area contributed by atoms with Gasteiger partial charge in [-0.3, -0.25) is 0 Å². The lowest BCUT2D eigenvalue weighted by Gasteiger charge is -2.37. The molecule has 5 rings (SSSR count). The lowest BCUT2D eigenvalue weighted by molar-refractivity contribution is -0.137. The van der Waals surface area contributed by atoms with E-state index in [0.29, 0.717) is 58.4 Å². The summed E-state index contributed by atoms with van der Waals surface area (Å²) in [6.07, 6.45) is -3.03. The summed E-state index contributed by atoms with van der Waals surface area (Å²) in [6, 6.07) is 12.5. The molecule has 35 heavy (non-hydrogen) atoms. The Kier molecular flexibility index (Phi) is 6.46. The zero-order chi connectivity index (χ0) is 24.4. The monoisotopic (exact) mass is 484 g/mol. The lowest BCUT2D eigenvalue weighted by Crippen LogP contribution is -2.48. The first-order valence-corrected chi connectivity index (χ1v) is 11.7. The summed E-state index contributed by atoms with van der Waals surface area (Å²) in [5.41, 5.74) is 2.27. The molecule has 2 saturated heterocycles. The SMILES string of the molecule is Cc1cccc(-c2cc(N3CCN(c4ncccc4C(F)(F)F)CC3)nc(N3CCOCC3)n2)c1. The van der Waals surface area contributed by atoms with Crippen LogP contribution in [-0.4, -0.2) is 67.4 Å². The van der Waals surface area contributed by atoms with Gasteiger partial charge in [0.2, 0.25) is 5.95 Å². The van der Waals surface area contributed by atoms with E-state index < -0.39 is 11.7 Å². The number of hydrogen-bond acceptors (Lipinski definition) is 7. The second-order valence-electron chi connectivity index (χ2n) is 8.73. The van der Waals surface area contributed by atoms with Crippen LogP contribution in [0.15, 0.2) is 48.7 Å². The highest BCUT2D eigenvalue weighted by Crippen LogP contribution is 2.36. The summed E-state index contributed by atoms with van der Waals surface area (Å²) < 4.78 is 46.0. The van der Waals surface area contributed by atoms with Crippen molar-refractivity contribution in [3.63, 3.8) is 0 Å². The van der Waals surface area contributed by atoms with E-state index in [4.69, 9.17) is 14.7 Å². The fraction of sp³-hybridized carbons (Fsp3) is 0.400. The van der Waals surface area contributed by atoms with Gasteiger partial charge in [0.25, 0.3) is 0 Å². The van der Waals surface area contributed by atoms with E-state index in [1.807, 2.05) is 31.2 Å². The number of alkyl halides is 3. The van der Waals surface area contributed by atoms with Crippen molar-refractivity contribution < 1.29 is 17.9 Å². The Balaban J connectivity index is 1.42. The van der Waals surface area contributed by atoms with Crippen LogP contribution in [-0.2, 0) is 10.9 Å². The Morgan fingerprint density at radius 2 is 1.57 bits per heavy atom. The van der Waals surface area contributed by atoms with Crippen LogP contribution in [0, 0.1) is 6.92 Å². The highest BCUT2D eigenvalue weighted by atomic mass is 19.4. The molecule has 2 aromatic heterocycles. The van der Waals surface area contributed by atoms with Crippen molar-refractivity contribution in [2.45, 2.75) is 13.1 Å². The fourth-order valence-corrected chi connectivity index (χ4v) is 4.46. The van der Waals surface area contributed by atoms with Crippen molar-refractivity contribution >= 4 is 17.6 Å². The summed E-state index contributed by atoms with van der Waals surface area (Å²) in [5.74, 6) is 1.40. The molecule has 1 aromatic carbocycles. The Hall–Kier alpha value is -3.40. The molecule has 2 aliphatic heterocycles. The molecule has 0 aliphatic carbocycles. The molecule has 0 bridgehead atoms. The fourth-order valence-electron chi connectivity index (χ4n) is 4.46. The van der Waals surface area contributed by atoms with Gasteiger partial charge >= 0.3 is 6.18 Å². The highest BCUT2D eigenvalue weighted by Gasteiger charge is 2.36. The molecule has 10 heteroatoms. The molecule has 0 spiro atoms. The van der Waals surface area contributed by atoms with E-state index in [0.717, 1.165) is 28.7 Å². The first-order chi connectivity index (χ1) is 16.9. The van der Waals surface area contributed by atoms with Crippen molar-refractivity contribution in [1.29, 1.82) is 0 Å². The molecule has 0 saturated carbocycles. The number of morpholine rings is 1. The molecule has 2 fully saturated rings. The van der Waals surface area contributed by atoms with Crippen LogP contribution in [0.1, 0.15) is 11.1 Å². The Morgan fingerprint density at radius 3 is 2.29 bits per heavy atom. The standard InChI is InChI=1S/C25H27F3N6O/c1-18-4-2-5-19(16-18)21-17-22(31-24(30-21)34-12-14-35-15-13-34)32-8-10-33(11-9-32)23-20(25(26,27)28)6-3-7-29-23/h2-7,16-17H,8-15H2,1H3. The van der Waals surface area contributed by atoms with Gasteiger partial charge < -0.3 is 19.4 Å². The third-order valence-corrected chi connectivity index (χ3v) is 6.30. The first kappa shape index (κ1) is 23.3. The van der Waals surface area contributed by atoms with Gasteiger partial charge in [-0.05, 0) is 25.1 Å². The van der Waals surface area contributed by atoms with E-state index in [2.05, 4.69) is 20.9 Å². The van der Waals surface area contributed by atoms with Crippen LogP contribution < -0.4 is 14.7 Å². The molecule has 3 aromatic rings. The molecular formula is C25H27F3N6O. The van der Waals surface area contributed by atoms with Gasteiger partial charge in [0.15, 0.2) is 0 Å². The predicted octanol–water partition coefficient (Wildman–Crippen LogP) is 4.03. The molecule has 4 heterocycles. The molecule has 184 valence electrons. The molecule has 0 amide bonds. The molecule has 0 N–H and O–H groups in total. The van der Waals surface area contributed by atoms with Crippen molar-refractivity contribution in [2.24, 2.45) is 0 Å². The number of anilines is 3. The largest absolute Gasteiger partial charge is 0.419 e. The normalized spacial score (nSPS) is 17.1. The van der Waals surface area contributed by atoms with Crippen LogP contribution >= 0.6 is 0 Å². The summed E-state index contributed by atoms with van der Waals surface area (Å²) in [5, 5.41) is 0. The maximum absolute atomic E-state index is 13.5. The second-order valence-corrected chi connectivity index (χ2v) is 8.73. The molecule has 7 nitrogen and oxygen atoms in total. The molecular weight excluding hydrogens is 457 g/mol. The summed E-state index contributed by atoms with van der Waals surface area (Å²) >= 11 is 0. The van der Waals surface area contributed by atoms with Crippen LogP contribution in [0.25, 0.3) is 11.3 Å². The third-order valence-electron chi connectivity index (χ3n) is 6.30. The minimum absolute atomic E-state index is 0.0169. The van der Waals surface area contributed by atoms with Crippen molar-refractivity contribution in [2.75, 3.05) is 67.2 Å². The first-order valence-electron chi connectivity index (χ1n) is 11.7. The van der Waals surface area contributed by atoms with Crippen LogP contribution in [0.3, 0.4) is 0 Å². The zero-order valence-electron chi connectivity index (χ0n) is 19.5. The third kappa shape index (κ3) is 5.17. The number of benzene rings is 1. The number of pyridine rings is 1. The van der Waals surface area contributed by atoms with Gasteiger partial charge in [0.1, 0.15) is 11.6 Å². The predicted molar refractivity (Wildman–Crippen MR) is 129 cm³/mol. The van der Waals surface area contributed by atoms with Gasteiger partial charge in [-0.2, -0.15) is 18.2 Å². The molecule has 2 aliphatic rings. The number of halogens is 3. The van der Waals surface area contributed by atoms with E-state index in [1.165, 1.54) is 12.3 Å². The van der Waals surface area contributed by atoms with Crippen molar-refractivity contribution in [1.82, 2.24) is 15.0 Å².